The normalized spacial score (nSPS) is 17.7. The van der Waals surface area contributed by atoms with Crippen molar-refractivity contribution in [3.63, 3.8) is 0 Å². The lowest BCUT2D eigenvalue weighted by Crippen LogP contribution is -2.35. The van der Waals surface area contributed by atoms with E-state index in [-0.39, 0.29) is 18.2 Å². The van der Waals surface area contributed by atoms with E-state index < -0.39 is 6.04 Å². The predicted molar refractivity (Wildman–Crippen MR) is 94.5 cm³/mol. The molecule has 1 unspecified atom stereocenters. The first kappa shape index (κ1) is 15.7. The summed E-state index contributed by atoms with van der Waals surface area (Å²) in [5.74, 6) is -0.357. The molecule has 5 heteroatoms. The van der Waals surface area contributed by atoms with E-state index in [2.05, 4.69) is 21.2 Å². The molecular formula is C18H17BrN2O2. The fourth-order valence-corrected chi connectivity index (χ4v) is 3.04. The van der Waals surface area contributed by atoms with Gasteiger partial charge in [0.2, 0.25) is 5.91 Å². The summed E-state index contributed by atoms with van der Waals surface area (Å²) in [7, 11) is 0. The van der Waals surface area contributed by atoms with Gasteiger partial charge >= 0.3 is 0 Å². The maximum Gasteiger partial charge on any atom is 0.256 e. The number of aryl methyl sites for hydroxylation is 1. The van der Waals surface area contributed by atoms with Gasteiger partial charge in [0.15, 0.2) is 0 Å². The van der Waals surface area contributed by atoms with Crippen LogP contribution in [-0.2, 0) is 16.0 Å². The van der Waals surface area contributed by atoms with Crippen LogP contribution in [0.3, 0.4) is 0 Å². The Morgan fingerprint density at radius 2 is 1.83 bits per heavy atom. The molecule has 0 aliphatic carbocycles. The molecule has 3 rings (SSSR count). The van der Waals surface area contributed by atoms with E-state index in [1.165, 1.54) is 4.90 Å². The van der Waals surface area contributed by atoms with Crippen LogP contribution >= 0.6 is 15.9 Å². The van der Waals surface area contributed by atoms with Crippen LogP contribution in [-0.4, -0.2) is 17.9 Å². The van der Waals surface area contributed by atoms with Crippen LogP contribution in [0.25, 0.3) is 0 Å². The van der Waals surface area contributed by atoms with Crippen LogP contribution < -0.4 is 10.2 Å². The molecular weight excluding hydrogens is 356 g/mol. The van der Waals surface area contributed by atoms with Gasteiger partial charge in [-0.3, -0.25) is 9.59 Å². The number of hydrogen-bond acceptors (Lipinski definition) is 3. The van der Waals surface area contributed by atoms with Gasteiger partial charge in [0.25, 0.3) is 5.91 Å². The molecule has 0 radical (unpaired) electrons. The molecule has 1 heterocycles. The minimum Gasteiger partial charge on any atom is -0.373 e. The first-order chi connectivity index (χ1) is 11.1. The van der Waals surface area contributed by atoms with Gasteiger partial charge in [0.05, 0.1) is 12.1 Å². The Hall–Kier alpha value is -2.14. The van der Waals surface area contributed by atoms with Crippen molar-refractivity contribution in [1.82, 2.24) is 0 Å². The lowest BCUT2D eigenvalue weighted by molar-refractivity contribution is -0.121. The number of benzene rings is 2. The number of hydrogen-bond donors (Lipinski definition) is 1. The highest BCUT2D eigenvalue weighted by Gasteiger charge is 2.40. The number of rotatable bonds is 4. The summed E-state index contributed by atoms with van der Waals surface area (Å²) in [5, 5.41) is 3.15. The first-order valence-corrected chi connectivity index (χ1v) is 8.36. The fourth-order valence-electron chi connectivity index (χ4n) is 2.77. The first-order valence-electron chi connectivity index (χ1n) is 7.57. The summed E-state index contributed by atoms with van der Waals surface area (Å²) in [6.07, 6.45) is 0.949. The molecule has 1 saturated heterocycles. The second kappa shape index (κ2) is 6.54. The van der Waals surface area contributed by atoms with Crippen molar-refractivity contribution in [3.8, 4) is 0 Å². The molecule has 2 aromatic rings. The number of nitrogens with zero attached hydrogens (tertiary/aromatic N) is 1. The molecule has 1 fully saturated rings. The molecule has 0 bridgehead atoms. The van der Waals surface area contributed by atoms with E-state index in [1.54, 1.807) is 0 Å². The summed E-state index contributed by atoms with van der Waals surface area (Å²) in [6, 6.07) is 14.6. The highest BCUT2D eigenvalue weighted by molar-refractivity contribution is 9.10. The van der Waals surface area contributed by atoms with E-state index in [0.29, 0.717) is 5.69 Å². The van der Waals surface area contributed by atoms with E-state index in [0.717, 1.165) is 22.1 Å². The third kappa shape index (κ3) is 3.15. The van der Waals surface area contributed by atoms with Gasteiger partial charge in [0, 0.05) is 10.2 Å². The van der Waals surface area contributed by atoms with Crippen molar-refractivity contribution >= 4 is 39.1 Å². The van der Waals surface area contributed by atoms with Crippen molar-refractivity contribution < 1.29 is 9.59 Å². The van der Waals surface area contributed by atoms with Gasteiger partial charge in [-0.25, -0.2) is 4.90 Å². The predicted octanol–water partition coefficient (Wildman–Crippen LogP) is 3.76. The summed E-state index contributed by atoms with van der Waals surface area (Å²) >= 11 is 3.38. The number of nitrogens with one attached hydrogen (secondary N) is 1. The Morgan fingerprint density at radius 1 is 1.13 bits per heavy atom. The van der Waals surface area contributed by atoms with Crippen molar-refractivity contribution in [1.29, 1.82) is 0 Å². The summed E-state index contributed by atoms with van der Waals surface area (Å²) in [4.78, 5) is 26.4. The smallest absolute Gasteiger partial charge is 0.256 e. The van der Waals surface area contributed by atoms with Crippen LogP contribution in [0.5, 0.6) is 0 Å². The summed E-state index contributed by atoms with van der Waals surface area (Å²) in [6.45, 7) is 2.02. The highest BCUT2D eigenvalue weighted by atomic mass is 79.9. The molecule has 1 aliphatic heterocycles. The average molecular weight is 373 g/mol. The maximum absolute atomic E-state index is 12.7. The van der Waals surface area contributed by atoms with E-state index >= 15 is 0 Å². The van der Waals surface area contributed by atoms with Crippen LogP contribution in [0, 0.1) is 0 Å². The topological polar surface area (TPSA) is 49.4 Å². The van der Waals surface area contributed by atoms with Crippen molar-refractivity contribution in [3.05, 3.63) is 58.6 Å². The van der Waals surface area contributed by atoms with E-state index in [4.69, 9.17) is 0 Å². The fraction of sp³-hybridized carbons (Fsp3) is 0.222. The number of carbonyl (C=O) groups is 2. The third-order valence-electron chi connectivity index (χ3n) is 3.95. The number of imide groups is 1. The standard InChI is InChI=1S/C18H17BrN2O2/c1-2-12-5-3-4-6-16(12)21-17(22)11-15(18(21)23)20-14-9-7-13(19)8-10-14/h3-10,15,20H,2,11H2,1H3. The number of carbonyl (C=O) groups excluding carboxylic acids is 2. The quantitative estimate of drug-likeness (QED) is 0.831. The summed E-state index contributed by atoms with van der Waals surface area (Å²) in [5.41, 5.74) is 2.52. The Kier molecular flexibility index (Phi) is 4.48. The molecule has 23 heavy (non-hydrogen) atoms. The van der Waals surface area contributed by atoms with Gasteiger partial charge in [0.1, 0.15) is 6.04 Å². The van der Waals surface area contributed by atoms with Crippen molar-refractivity contribution in [2.24, 2.45) is 0 Å². The van der Waals surface area contributed by atoms with E-state index in [9.17, 15) is 9.59 Å². The number of amides is 2. The van der Waals surface area contributed by atoms with Gasteiger partial charge < -0.3 is 5.32 Å². The molecule has 118 valence electrons. The van der Waals surface area contributed by atoms with Gasteiger partial charge in [-0.15, -0.1) is 0 Å². The Labute approximate surface area is 143 Å². The molecule has 0 saturated carbocycles. The summed E-state index contributed by atoms with van der Waals surface area (Å²) < 4.78 is 0.968. The number of anilines is 2. The molecule has 4 nitrogen and oxygen atoms in total. The SMILES string of the molecule is CCc1ccccc1N1C(=O)CC(Nc2ccc(Br)cc2)C1=O. The Morgan fingerprint density at radius 3 is 2.52 bits per heavy atom. The molecule has 1 atom stereocenters. The van der Waals surface area contributed by atoms with Crippen LogP contribution in [0.15, 0.2) is 53.0 Å². The zero-order valence-corrected chi connectivity index (χ0v) is 14.3. The van der Waals surface area contributed by atoms with Gasteiger partial charge in [-0.2, -0.15) is 0 Å². The molecule has 1 N–H and O–H groups in total. The second-order valence-corrected chi connectivity index (χ2v) is 6.37. The monoisotopic (exact) mass is 372 g/mol. The largest absolute Gasteiger partial charge is 0.373 e. The van der Waals surface area contributed by atoms with Crippen LogP contribution in [0.1, 0.15) is 18.9 Å². The lowest BCUT2D eigenvalue weighted by atomic mass is 10.1. The molecule has 0 spiro atoms. The highest BCUT2D eigenvalue weighted by Crippen LogP contribution is 2.28. The lowest BCUT2D eigenvalue weighted by Gasteiger charge is -2.19. The number of halogens is 1. The average Bonchev–Trinajstić information content (AvgIpc) is 2.83. The van der Waals surface area contributed by atoms with Crippen molar-refractivity contribution in [2.75, 3.05) is 10.2 Å². The third-order valence-corrected chi connectivity index (χ3v) is 4.47. The number of para-hydroxylation sites is 1. The van der Waals surface area contributed by atoms with Crippen LogP contribution in [0.2, 0.25) is 0 Å². The molecule has 2 aromatic carbocycles. The van der Waals surface area contributed by atoms with Gasteiger partial charge in [-0.05, 0) is 42.3 Å². The van der Waals surface area contributed by atoms with E-state index in [1.807, 2.05) is 55.5 Å². The Balaban J connectivity index is 1.84. The zero-order chi connectivity index (χ0) is 16.4. The van der Waals surface area contributed by atoms with Crippen LogP contribution in [0.4, 0.5) is 11.4 Å². The molecule has 1 aliphatic rings. The molecule has 2 amide bonds. The van der Waals surface area contributed by atoms with Gasteiger partial charge in [-0.1, -0.05) is 41.1 Å². The maximum atomic E-state index is 12.7. The van der Waals surface area contributed by atoms with Crippen molar-refractivity contribution in [2.45, 2.75) is 25.8 Å². The zero-order valence-electron chi connectivity index (χ0n) is 12.8. The molecule has 0 aromatic heterocycles. The minimum atomic E-state index is -0.520. The Bertz CT molecular complexity index is 743. The minimum absolute atomic E-state index is 0.162. The second-order valence-electron chi connectivity index (χ2n) is 5.46.